The molecule has 0 saturated carbocycles. The molecule has 1 saturated heterocycles. The van der Waals surface area contributed by atoms with Crippen molar-refractivity contribution >= 4 is 35.6 Å². The maximum absolute atomic E-state index is 5.72. The molecule has 31 heavy (non-hydrogen) atoms. The van der Waals surface area contributed by atoms with Gasteiger partial charge < -0.3 is 19.5 Å². The van der Waals surface area contributed by atoms with Crippen LogP contribution in [-0.2, 0) is 6.42 Å². The van der Waals surface area contributed by atoms with E-state index in [0.717, 1.165) is 55.7 Å². The minimum absolute atomic E-state index is 0. The molecule has 0 aliphatic carbocycles. The second-order valence-electron chi connectivity index (χ2n) is 7.83. The first kappa shape index (κ1) is 23.6. The summed E-state index contributed by atoms with van der Waals surface area (Å²) in [5.41, 5.74) is 3.30. The maximum atomic E-state index is 5.72. The van der Waals surface area contributed by atoms with Crippen LogP contribution < -0.4 is 10.6 Å². The molecule has 3 aromatic heterocycles. The number of aryl methyl sites for hydroxylation is 1. The zero-order valence-electron chi connectivity index (χ0n) is 18.4. The molecule has 168 valence electrons. The lowest BCUT2D eigenvalue weighted by atomic mass is 10.2. The minimum Gasteiger partial charge on any atom is -0.468 e. The first-order valence-electron chi connectivity index (χ1n) is 11.0. The number of likely N-dealkylation sites (tertiary alicyclic amines) is 1. The van der Waals surface area contributed by atoms with E-state index in [9.17, 15) is 0 Å². The van der Waals surface area contributed by atoms with Crippen molar-refractivity contribution in [2.75, 3.05) is 32.7 Å². The van der Waals surface area contributed by atoms with Gasteiger partial charge in [-0.1, -0.05) is 6.07 Å². The van der Waals surface area contributed by atoms with E-state index in [-0.39, 0.29) is 30.0 Å². The van der Waals surface area contributed by atoms with Crippen molar-refractivity contribution in [1.82, 2.24) is 24.9 Å². The number of pyridine rings is 1. The topological polar surface area (TPSA) is 70.1 Å². The lowest BCUT2D eigenvalue weighted by molar-refractivity contribution is 0.221. The highest BCUT2D eigenvalue weighted by Crippen LogP contribution is 2.25. The van der Waals surface area contributed by atoms with Gasteiger partial charge in [-0.25, -0.2) is 4.98 Å². The van der Waals surface area contributed by atoms with E-state index in [1.807, 2.05) is 12.3 Å². The van der Waals surface area contributed by atoms with Gasteiger partial charge in [0, 0.05) is 31.9 Å². The third-order valence-corrected chi connectivity index (χ3v) is 5.62. The molecule has 4 heterocycles. The lowest BCUT2D eigenvalue weighted by Crippen LogP contribution is -2.39. The van der Waals surface area contributed by atoms with Crippen LogP contribution in [0.15, 0.2) is 52.3 Å². The number of halogens is 1. The summed E-state index contributed by atoms with van der Waals surface area (Å²) in [7, 11) is 0. The van der Waals surface area contributed by atoms with Crippen LogP contribution in [0.5, 0.6) is 0 Å². The Kier molecular flexibility index (Phi) is 8.77. The van der Waals surface area contributed by atoms with Crippen LogP contribution in [0, 0.1) is 6.92 Å². The van der Waals surface area contributed by atoms with Gasteiger partial charge in [-0.3, -0.25) is 9.89 Å². The van der Waals surface area contributed by atoms with Crippen molar-refractivity contribution in [2.45, 2.75) is 39.2 Å². The summed E-state index contributed by atoms with van der Waals surface area (Å²) in [6.07, 6.45) is 9.25. The molecule has 0 aromatic carbocycles. The molecule has 2 N–H and O–H groups in total. The molecule has 4 rings (SSSR count). The molecular formula is C23H33IN6O. The molecule has 0 spiro atoms. The quantitative estimate of drug-likeness (QED) is 0.261. The Bertz CT molecular complexity index is 962. The number of rotatable bonds is 8. The lowest BCUT2D eigenvalue weighted by Gasteiger charge is -2.24. The Morgan fingerprint density at radius 2 is 2.06 bits per heavy atom. The van der Waals surface area contributed by atoms with E-state index < -0.39 is 0 Å². The number of hydrogen-bond donors (Lipinski definition) is 2. The highest BCUT2D eigenvalue weighted by molar-refractivity contribution is 14.0. The van der Waals surface area contributed by atoms with Crippen LogP contribution in [-0.4, -0.2) is 53.0 Å². The van der Waals surface area contributed by atoms with Crippen molar-refractivity contribution < 1.29 is 4.42 Å². The average molecular weight is 536 g/mol. The van der Waals surface area contributed by atoms with Crippen molar-refractivity contribution in [3.8, 4) is 0 Å². The van der Waals surface area contributed by atoms with Gasteiger partial charge in [-0.15, -0.1) is 24.0 Å². The summed E-state index contributed by atoms with van der Waals surface area (Å²) < 4.78 is 7.81. The third kappa shape index (κ3) is 6.00. The number of aliphatic imine (C=N–C) groups is 1. The average Bonchev–Trinajstić information content (AvgIpc) is 3.51. The van der Waals surface area contributed by atoms with E-state index in [0.29, 0.717) is 6.54 Å². The molecular weight excluding hydrogens is 503 g/mol. The van der Waals surface area contributed by atoms with E-state index in [1.165, 1.54) is 18.4 Å². The zero-order chi connectivity index (χ0) is 20.8. The molecule has 0 radical (unpaired) electrons. The maximum Gasteiger partial charge on any atom is 0.191 e. The molecule has 1 atom stereocenters. The SMILES string of the molecule is CCNC(=NCC(c1ccco1)N1CCCC1)NCCc1cn2cccc(C)c2n1.I. The minimum atomic E-state index is 0. The predicted molar refractivity (Wildman–Crippen MR) is 135 cm³/mol. The Labute approximate surface area is 201 Å². The van der Waals surface area contributed by atoms with Gasteiger partial charge in [0.15, 0.2) is 5.96 Å². The number of hydrogen-bond acceptors (Lipinski definition) is 4. The summed E-state index contributed by atoms with van der Waals surface area (Å²) in [4.78, 5) is 12.1. The van der Waals surface area contributed by atoms with E-state index in [4.69, 9.17) is 14.4 Å². The van der Waals surface area contributed by atoms with Crippen molar-refractivity contribution in [3.05, 3.63) is 59.9 Å². The van der Waals surface area contributed by atoms with Crippen LogP contribution >= 0.6 is 24.0 Å². The largest absolute Gasteiger partial charge is 0.468 e. The van der Waals surface area contributed by atoms with E-state index in [1.54, 1.807) is 6.26 Å². The van der Waals surface area contributed by atoms with Gasteiger partial charge in [-0.2, -0.15) is 0 Å². The summed E-state index contributed by atoms with van der Waals surface area (Å²) in [5, 5.41) is 6.82. The van der Waals surface area contributed by atoms with Gasteiger partial charge in [0.25, 0.3) is 0 Å². The van der Waals surface area contributed by atoms with E-state index >= 15 is 0 Å². The fourth-order valence-corrected chi connectivity index (χ4v) is 4.07. The molecule has 3 aromatic rings. The molecule has 8 heteroatoms. The van der Waals surface area contributed by atoms with Crippen LogP contribution in [0.25, 0.3) is 5.65 Å². The van der Waals surface area contributed by atoms with Crippen LogP contribution in [0.3, 0.4) is 0 Å². The smallest absolute Gasteiger partial charge is 0.191 e. The zero-order valence-corrected chi connectivity index (χ0v) is 20.7. The van der Waals surface area contributed by atoms with Crippen molar-refractivity contribution in [2.24, 2.45) is 4.99 Å². The second kappa shape index (κ2) is 11.5. The second-order valence-corrected chi connectivity index (χ2v) is 7.83. The molecule has 7 nitrogen and oxygen atoms in total. The number of imidazole rings is 1. The van der Waals surface area contributed by atoms with Crippen molar-refractivity contribution in [1.29, 1.82) is 0 Å². The first-order chi connectivity index (χ1) is 14.7. The van der Waals surface area contributed by atoms with Gasteiger partial charge in [0.1, 0.15) is 11.4 Å². The summed E-state index contributed by atoms with van der Waals surface area (Å²) in [6.45, 7) is 8.69. The summed E-state index contributed by atoms with van der Waals surface area (Å²) in [5.74, 6) is 1.84. The van der Waals surface area contributed by atoms with Crippen LogP contribution in [0.2, 0.25) is 0 Å². The molecule has 1 unspecified atom stereocenters. The monoisotopic (exact) mass is 536 g/mol. The Balaban J connectivity index is 0.00000272. The molecule has 1 aliphatic heterocycles. The summed E-state index contributed by atoms with van der Waals surface area (Å²) in [6, 6.07) is 8.36. The fraction of sp³-hybridized carbons (Fsp3) is 0.478. The summed E-state index contributed by atoms with van der Waals surface area (Å²) >= 11 is 0. The highest BCUT2D eigenvalue weighted by atomic mass is 127. The third-order valence-electron chi connectivity index (χ3n) is 5.62. The van der Waals surface area contributed by atoms with Gasteiger partial charge in [-0.05, 0) is 63.5 Å². The Morgan fingerprint density at radius 1 is 1.23 bits per heavy atom. The number of guanidine groups is 1. The molecule has 1 aliphatic rings. The van der Waals surface area contributed by atoms with Crippen LogP contribution in [0.1, 0.15) is 42.8 Å². The van der Waals surface area contributed by atoms with Gasteiger partial charge in [0.2, 0.25) is 0 Å². The first-order valence-corrected chi connectivity index (χ1v) is 11.0. The van der Waals surface area contributed by atoms with Gasteiger partial charge >= 0.3 is 0 Å². The standard InChI is InChI=1S/C23H32N6O.HI/c1-3-24-23(25-11-10-19-17-29-14-6-8-18(2)22(29)27-19)26-16-20(21-9-7-15-30-21)28-12-4-5-13-28;/h6-9,14-15,17,20H,3-5,10-13,16H2,1-2H3,(H2,24,25,26);1H. The normalized spacial score (nSPS) is 15.7. The van der Waals surface area contributed by atoms with Gasteiger partial charge in [0.05, 0.1) is 24.5 Å². The molecule has 1 fully saturated rings. The predicted octanol–water partition coefficient (Wildman–Crippen LogP) is 3.79. The Morgan fingerprint density at radius 3 is 2.77 bits per heavy atom. The van der Waals surface area contributed by atoms with Crippen LogP contribution in [0.4, 0.5) is 0 Å². The number of nitrogens with zero attached hydrogens (tertiary/aromatic N) is 4. The van der Waals surface area contributed by atoms with Crippen molar-refractivity contribution in [3.63, 3.8) is 0 Å². The molecule has 0 amide bonds. The fourth-order valence-electron chi connectivity index (χ4n) is 4.07. The number of fused-ring (bicyclic) bond motifs is 1. The molecule has 0 bridgehead atoms. The number of furan rings is 1. The van der Waals surface area contributed by atoms with E-state index in [2.05, 4.69) is 58.2 Å². The number of aromatic nitrogens is 2. The highest BCUT2D eigenvalue weighted by Gasteiger charge is 2.25. The Hall–Kier alpha value is -2.07. The number of nitrogens with one attached hydrogen (secondary N) is 2.